The van der Waals surface area contributed by atoms with Crippen LogP contribution >= 0.6 is 0 Å². The summed E-state index contributed by atoms with van der Waals surface area (Å²) < 4.78 is 77.3. The topological polar surface area (TPSA) is 119 Å². The Morgan fingerprint density at radius 2 is 1.72 bits per heavy atom. The van der Waals surface area contributed by atoms with Crippen molar-refractivity contribution in [2.75, 3.05) is 42.9 Å². The standard InChI is InChI=1S/C20H22F6N8O2/c1-10(30-14-4-29-32-17(36)15(14)20(24,25)26)5-33-6-11(7-33)16(35)31-13-8-34(9-13)18-27-2-12(3-28-18)19(21,22)23/h2-4,10-11,13H,5-9H2,1H3,(H,31,35)(H2,30,32,36)/t10-/m0/s1. The molecule has 2 aliphatic rings. The van der Waals surface area contributed by atoms with Crippen molar-refractivity contribution >= 4 is 17.5 Å². The normalized spacial score (nSPS) is 18.4. The molecule has 2 aromatic heterocycles. The SMILES string of the molecule is C[C@@H](CN1CC(C(=O)NC2CN(c3ncc(C(F)(F)F)cn3)C2)C1)Nc1cn[nH]c(=O)c1C(F)(F)F. The summed E-state index contributed by atoms with van der Waals surface area (Å²) >= 11 is 0. The van der Waals surface area contributed by atoms with Crippen molar-refractivity contribution in [3.8, 4) is 0 Å². The quantitative estimate of drug-likeness (QED) is 0.468. The van der Waals surface area contributed by atoms with E-state index in [-0.39, 0.29) is 23.8 Å². The van der Waals surface area contributed by atoms with Crippen molar-refractivity contribution < 1.29 is 31.1 Å². The molecule has 0 bridgehead atoms. The highest BCUT2D eigenvalue weighted by molar-refractivity contribution is 5.80. The number of aromatic amines is 1. The Kier molecular flexibility index (Phi) is 6.81. The van der Waals surface area contributed by atoms with E-state index in [1.54, 1.807) is 16.9 Å². The molecule has 16 heteroatoms. The van der Waals surface area contributed by atoms with E-state index in [1.165, 1.54) is 0 Å². The molecule has 0 unspecified atom stereocenters. The number of alkyl halides is 6. The molecular formula is C20H22F6N8O2. The number of rotatable bonds is 7. The maximum atomic E-state index is 13.2. The number of carbonyl (C=O) groups is 1. The van der Waals surface area contributed by atoms with E-state index in [1.807, 2.05) is 4.90 Å². The van der Waals surface area contributed by atoms with Crippen molar-refractivity contribution in [3.63, 3.8) is 0 Å². The number of amides is 1. The van der Waals surface area contributed by atoms with Crippen LogP contribution in [0.2, 0.25) is 0 Å². The maximum absolute atomic E-state index is 13.2. The molecule has 2 aromatic rings. The molecule has 0 saturated carbocycles. The molecule has 1 amide bonds. The molecule has 0 aliphatic carbocycles. The van der Waals surface area contributed by atoms with E-state index in [2.05, 4.69) is 25.7 Å². The zero-order chi connectivity index (χ0) is 26.3. The highest BCUT2D eigenvalue weighted by Crippen LogP contribution is 2.32. The van der Waals surface area contributed by atoms with E-state index in [0.717, 1.165) is 6.20 Å². The molecule has 1 atom stereocenters. The number of anilines is 2. The highest BCUT2D eigenvalue weighted by atomic mass is 19.4. The largest absolute Gasteiger partial charge is 0.423 e. The number of nitrogens with one attached hydrogen (secondary N) is 3. The lowest BCUT2D eigenvalue weighted by molar-refractivity contribution is -0.139. The van der Waals surface area contributed by atoms with Crippen molar-refractivity contribution in [3.05, 3.63) is 40.1 Å². The Balaban J connectivity index is 1.19. The summed E-state index contributed by atoms with van der Waals surface area (Å²) in [4.78, 5) is 35.0. The lowest BCUT2D eigenvalue weighted by Gasteiger charge is -2.43. The number of aromatic nitrogens is 4. The number of carbonyl (C=O) groups excluding carboxylic acids is 1. The number of nitrogens with zero attached hydrogens (tertiary/aromatic N) is 5. The smallest absolute Gasteiger partial charge is 0.379 e. The molecule has 4 heterocycles. The number of hydrogen-bond acceptors (Lipinski definition) is 8. The van der Waals surface area contributed by atoms with Gasteiger partial charge in [0.25, 0.3) is 5.56 Å². The molecular weight excluding hydrogens is 498 g/mol. The first-order valence-corrected chi connectivity index (χ1v) is 10.9. The summed E-state index contributed by atoms with van der Waals surface area (Å²) in [6, 6.07) is -0.648. The van der Waals surface area contributed by atoms with Crippen molar-refractivity contribution in [2.45, 2.75) is 31.4 Å². The predicted molar refractivity (Wildman–Crippen MR) is 114 cm³/mol. The van der Waals surface area contributed by atoms with E-state index in [9.17, 15) is 35.9 Å². The molecule has 36 heavy (non-hydrogen) atoms. The Hall–Kier alpha value is -3.43. The minimum atomic E-state index is -4.84. The van der Waals surface area contributed by atoms with Gasteiger partial charge in [0.1, 0.15) is 5.56 Å². The summed E-state index contributed by atoms with van der Waals surface area (Å²) in [5.74, 6) is -0.322. The minimum Gasteiger partial charge on any atom is -0.379 e. The van der Waals surface area contributed by atoms with Crippen LogP contribution in [0.25, 0.3) is 0 Å². The van der Waals surface area contributed by atoms with Gasteiger partial charge in [-0.2, -0.15) is 31.4 Å². The van der Waals surface area contributed by atoms with E-state index in [4.69, 9.17) is 0 Å². The molecule has 2 saturated heterocycles. The van der Waals surface area contributed by atoms with Gasteiger partial charge in [-0.25, -0.2) is 15.1 Å². The molecule has 3 N–H and O–H groups in total. The van der Waals surface area contributed by atoms with Crippen LogP contribution in [0, 0.1) is 5.92 Å². The van der Waals surface area contributed by atoms with E-state index >= 15 is 0 Å². The summed E-state index contributed by atoms with van der Waals surface area (Å²) in [5.41, 5.74) is -4.04. The average Bonchev–Trinajstić information content (AvgIpc) is 2.71. The molecule has 4 rings (SSSR count). The second kappa shape index (κ2) is 9.55. The van der Waals surface area contributed by atoms with Gasteiger partial charge < -0.3 is 15.5 Å². The Bertz CT molecular complexity index is 1140. The fourth-order valence-corrected chi connectivity index (χ4v) is 4.06. The zero-order valence-corrected chi connectivity index (χ0v) is 18.8. The predicted octanol–water partition coefficient (Wildman–Crippen LogP) is 1.33. The first kappa shape index (κ1) is 25.7. The molecule has 0 spiro atoms. The number of H-pyrrole nitrogens is 1. The fourth-order valence-electron chi connectivity index (χ4n) is 4.06. The van der Waals surface area contributed by atoms with E-state index in [0.29, 0.717) is 45.1 Å². The van der Waals surface area contributed by atoms with Crippen LogP contribution in [0.4, 0.5) is 38.0 Å². The second-order valence-corrected chi connectivity index (χ2v) is 8.83. The van der Waals surface area contributed by atoms with Gasteiger partial charge in [0.15, 0.2) is 0 Å². The molecule has 2 fully saturated rings. The lowest BCUT2D eigenvalue weighted by Crippen LogP contribution is -2.63. The average molecular weight is 520 g/mol. The van der Waals surface area contributed by atoms with Crippen LogP contribution in [0.5, 0.6) is 0 Å². The van der Waals surface area contributed by atoms with Gasteiger partial charge >= 0.3 is 12.4 Å². The van der Waals surface area contributed by atoms with Crippen LogP contribution in [-0.4, -0.2) is 75.8 Å². The monoisotopic (exact) mass is 520 g/mol. The van der Waals surface area contributed by atoms with Gasteiger partial charge in [0.2, 0.25) is 11.9 Å². The Morgan fingerprint density at radius 1 is 1.08 bits per heavy atom. The molecule has 2 aliphatic heterocycles. The van der Waals surface area contributed by atoms with Crippen LogP contribution in [0.3, 0.4) is 0 Å². The van der Waals surface area contributed by atoms with Gasteiger partial charge in [-0.1, -0.05) is 0 Å². The lowest BCUT2D eigenvalue weighted by atomic mass is 9.97. The third-order valence-electron chi connectivity index (χ3n) is 5.88. The molecule has 196 valence electrons. The van der Waals surface area contributed by atoms with Gasteiger partial charge in [0.05, 0.1) is 29.4 Å². The number of hydrogen-bond donors (Lipinski definition) is 3. The minimum absolute atomic E-state index is 0.147. The van der Waals surface area contributed by atoms with Crippen LogP contribution in [0.15, 0.2) is 23.4 Å². The van der Waals surface area contributed by atoms with Gasteiger partial charge in [-0.15, -0.1) is 0 Å². The first-order valence-electron chi connectivity index (χ1n) is 10.9. The van der Waals surface area contributed by atoms with Crippen LogP contribution in [0.1, 0.15) is 18.1 Å². The third-order valence-corrected chi connectivity index (χ3v) is 5.88. The Labute approximate surface area is 200 Å². The van der Waals surface area contributed by atoms with Crippen molar-refractivity contribution in [1.82, 2.24) is 30.4 Å². The first-order chi connectivity index (χ1) is 16.8. The van der Waals surface area contributed by atoms with Crippen LogP contribution < -0.4 is 21.1 Å². The maximum Gasteiger partial charge on any atom is 0.423 e. The van der Waals surface area contributed by atoms with Gasteiger partial charge in [-0.05, 0) is 6.92 Å². The Morgan fingerprint density at radius 3 is 2.31 bits per heavy atom. The zero-order valence-electron chi connectivity index (χ0n) is 18.8. The summed E-state index contributed by atoms with van der Waals surface area (Å²) in [5, 5.41) is 10.7. The highest BCUT2D eigenvalue weighted by Gasteiger charge is 2.39. The number of halogens is 6. The van der Waals surface area contributed by atoms with Crippen molar-refractivity contribution in [1.29, 1.82) is 0 Å². The summed E-state index contributed by atoms with van der Waals surface area (Å²) in [6.07, 6.45) is -7.02. The molecule has 0 aromatic carbocycles. The number of likely N-dealkylation sites (tertiary alicyclic amines) is 1. The van der Waals surface area contributed by atoms with Gasteiger partial charge in [0, 0.05) is 51.2 Å². The van der Waals surface area contributed by atoms with Crippen molar-refractivity contribution in [2.24, 2.45) is 5.92 Å². The second-order valence-electron chi connectivity index (χ2n) is 8.83. The van der Waals surface area contributed by atoms with E-state index < -0.39 is 40.8 Å². The molecule has 0 radical (unpaired) electrons. The fraction of sp³-hybridized carbons (Fsp3) is 0.550. The van der Waals surface area contributed by atoms with Crippen LogP contribution in [-0.2, 0) is 17.1 Å². The molecule has 10 nitrogen and oxygen atoms in total. The summed E-state index contributed by atoms with van der Waals surface area (Å²) in [7, 11) is 0. The third kappa shape index (κ3) is 5.68. The summed E-state index contributed by atoms with van der Waals surface area (Å²) in [6.45, 7) is 3.55. The van der Waals surface area contributed by atoms with Gasteiger partial charge in [-0.3, -0.25) is 14.5 Å².